The van der Waals surface area contributed by atoms with Gasteiger partial charge in [-0.25, -0.2) is 5.26 Å². The summed E-state index contributed by atoms with van der Waals surface area (Å²) in [6, 6.07) is 0. The summed E-state index contributed by atoms with van der Waals surface area (Å²) in [5.74, 6) is 0. The SMILES string of the molecule is C#N.Cl.[LiH]. The van der Waals surface area contributed by atoms with Crippen LogP contribution in [0.4, 0.5) is 0 Å². The average Bonchev–Trinajstić information content (AvgIpc) is 1.00. The molecule has 0 aromatic heterocycles. The van der Waals surface area contributed by atoms with Gasteiger partial charge in [-0.1, -0.05) is 0 Å². The van der Waals surface area contributed by atoms with Crippen molar-refractivity contribution in [2.24, 2.45) is 0 Å². The van der Waals surface area contributed by atoms with E-state index in [0.29, 0.717) is 0 Å². The molecule has 0 unspecified atom stereocenters. The minimum atomic E-state index is 0. The molecule has 0 saturated carbocycles. The summed E-state index contributed by atoms with van der Waals surface area (Å²) >= 11 is 0. The van der Waals surface area contributed by atoms with Crippen LogP contribution < -0.4 is 0 Å². The molecular formula is CH3ClLiN. The molecule has 0 fully saturated rings. The van der Waals surface area contributed by atoms with Crippen molar-refractivity contribution in [3.8, 4) is 6.57 Å². The molecule has 0 atom stereocenters. The van der Waals surface area contributed by atoms with Gasteiger partial charge in [0.1, 0.15) is 0 Å². The predicted octanol–water partition coefficient (Wildman–Crippen LogP) is -0.0869. The van der Waals surface area contributed by atoms with Gasteiger partial charge >= 0.3 is 18.9 Å². The van der Waals surface area contributed by atoms with Crippen molar-refractivity contribution >= 4 is 31.3 Å². The molecule has 0 amide bonds. The molecule has 0 aliphatic carbocycles. The molecule has 0 aliphatic heterocycles. The first-order valence-corrected chi connectivity index (χ1v) is 0.258. The zero-order chi connectivity index (χ0) is 2.00. The Hall–Kier alpha value is 0.377. The second-order valence-corrected chi connectivity index (χ2v) is 0. The van der Waals surface area contributed by atoms with E-state index in [4.69, 9.17) is 5.26 Å². The summed E-state index contributed by atoms with van der Waals surface area (Å²) in [6.45, 7) is 3.50. The van der Waals surface area contributed by atoms with Gasteiger partial charge in [0.25, 0.3) is 0 Å². The van der Waals surface area contributed by atoms with E-state index in [9.17, 15) is 0 Å². The molecule has 0 aromatic rings. The van der Waals surface area contributed by atoms with E-state index < -0.39 is 0 Å². The van der Waals surface area contributed by atoms with Crippen molar-refractivity contribution in [3.05, 3.63) is 0 Å². The van der Waals surface area contributed by atoms with E-state index in [1.54, 1.807) is 0 Å². The second-order valence-electron chi connectivity index (χ2n) is 0. The minimum absolute atomic E-state index is 0. The first-order valence-electron chi connectivity index (χ1n) is 0.258. The van der Waals surface area contributed by atoms with Crippen LogP contribution in [0.2, 0.25) is 0 Å². The number of nitriles is 1. The number of nitrogens with zero attached hydrogens (tertiary/aromatic N) is 1. The average molecular weight is 71.4 g/mol. The van der Waals surface area contributed by atoms with Gasteiger partial charge in [0.05, 0.1) is 0 Å². The molecule has 0 rings (SSSR count). The molecule has 0 radical (unpaired) electrons. The van der Waals surface area contributed by atoms with E-state index in [-0.39, 0.29) is 31.3 Å². The fourth-order valence-electron chi connectivity index (χ4n) is 0. The third-order valence-electron chi connectivity index (χ3n) is 0. The van der Waals surface area contributed by atoms with Crippen LogP contribution in [-0.4, -0.2) is 18.9 Å². The van der Waals surface area contributed by atoms with Crippen molar-refractivity contribution in [3.63, 3.8) is 0 Å². The Kier molecular flexibility index (Phi) is 882. The van der Waals surface area contributed by atoms with Gasteiger partial charge in [-0.3, -0.25) is 0 Å². The van der Waals surface area contributed by atoms with E-state index in [0.717, 1.165) is 0 Å². The van der Waals surface area contributed by atoms with Crippen LogP contribution in [0, 0.1) is 11.8 Å². The maximum atomic E-state index is 6.50. The van der Waals surface area contributed by atoms with Crippen LogP contribution in [0.15, 0.2) is 0 Å². The van der Waals surface area contributed by atoms with E-state index >= 15 is 0 Å². The zero-order valence-corrected chi connectivity index (χ0v) is 2.25. The molecule has 0 aliphatic rings. The summed E-state index contributed by atoms with van der Waals surface area (Å²) in [6.07, 6.45) is 0. The van der Waals surface area contributed by atoms with Crippen LogP contribution in [0.1, 0.15) is 0 Å². The van der Waals surface area contributed by atoms with Crippen molar-refractivity contribution < 1.29 is 0 Å². The number of hydrogen-bond acceptors (Lipinski definition) is 1. The monoisotopic (exact) mass is 71.0 g/mol. The van der Waals surface area contributed by atoms with Crippen molar-refractivity contribution in [1.82, 2.24) is 0 Å². The van der Waals surface area contributed by atoms with Crippen LogP contribution >= 0.6 is 12.4 Å². The summed E-state index contributed by atoms with van der Waals surface area (Å²) < 4.78 is 0. The number of rotatable bonds is 0. The molecule has 1 nitrogen and oxygen atoms in total. The third-order valence-corrected chi connectivity index (χ3v) is 0. The molecule has 4 heavy (non-hydrogen) atoms. The first kappa shape index (κ1) is 26.3. The van der Waals surface area contributed by atoms with Crippen molar-refractivity contribution in [2.75, 3.05) is 0 Å². The summed E-state index contributed by atoms with van der Waals surface area (Å²) in [7, 11) is 0. The topological polar surface area (TPSA) is 23.8 Å². The van der Waals surface area contributed by atoms with Gasteiger partial charge in [-0.15, -0.1) is 12.4 Å². The van der Waals surface area contributed by atoms with Gasteiger partial charge in [0.2, 0.25) is 0 Å². The van der Waals surface area contributed by atoms with Crippen LogP contribution in [0.3, 0.4) is 0 Å². The predicted molar refractivity (Wildman–Crippen MR) is 21.1 cm³/mol. The summed E-state index contributed by atoms with van der Waals surface area (Å²) in [5, 5.41) is 6.50. The quantitative estimate of drug-likeness (QED) is 0.366. The van der Waals surface area contributed by atoms with Gasteiger partial charge in [0, 0.05) is 6.57 Å². The van der Waals surface area contributed by atoms with Crippen molar-refractivity contribution in [1.29, 1.82) is 5.26 Å². The second kappa shape index (κ2) is 134. The fraction of sp³-hybridized carbons (Fsp3) is 0. The molecular weight excluding hydrogens is 68.4 g/mol. The summed E-state index contributed by atoms with van der Waals surface area (Å²) in [5.41, 5.74) is 0. The van der Waals surface area contributed by atoms with Gasteiger partial charge in [-0.2, -0.15) is 0 Å². The van der Waals surface area contributed by atoms with Gasteiger partial charge in [0.15, 0.2) is 0 Å². The van der Waals surface area contributed by atoms with Gasteiger partial charge < -0.3 is 0 Å². The van der Waals surface area contributed by atoms with E-state index in [1.165, 1.54) is 0 Å². The summed E-state index contributed by atoms with van der Waals surface area (Å²) in [4.78, 5) is 0. The van der Waals surface area contributed by atoms with E-state index in [2.05, 4.69) is 6.57 Å². The molecule has 20 valence electrons. The molecule has 0 spiro atoms. The Labute approximate surface area is 43.6 Å². The normalized spacial score (nSPS) is 0.500. The molecule has 0 bridgehead atoms. The van der Waals surface area contributed by atoms with E-state index in [1.807, 2.05) is 0 Å². The maximum absolute atomic E-state index is 6.50. The Morgan fingerprint density at radius 3 is 1.25 bits per heavy atom. The third kappa shape index (κ3) is 31.7. The standard InChI is InChI=1S/CHN.ClH.Li.H/c1-2;;;/h1H;1H;;. The Balaban J connectivity index is -0.00000000500. The molecule has 0 N–H and O–H groups in total. The molecule has 0 aromatic carbocycles. The fourth-order valence-corrected chi connectivity index (χ4v) is 0. The van der Waals surface area contributed by atoms with Crippen LogP contribution in [0.25, 0.3) is 0 Å². The van der Waals surface area contributed by atoms with Gasteiger partial charge in [-0.05, 0) is 0 Å². The molecule has 0 heterocycles. The van der Waals surface area contributed by atoms with Crippen molar-refractivity contribution in [2.45, 2.75) is 0 Å². The Morgan fingerprint density at radius 2 is 1.25 bits per heavy atom. The van der Waals surface area contributed by atoms with Crippen LogP contribution in [0.5, 0.6) is 0 Å². The first-order chi connectivity index (χ1) is 1.00. The Morgan fingerprint density at radius 1 is 1.25 bits per heavy atom. The number of halogens is 1. The molecule has 3 heteroatoms. The Bertz CT molecular complexity index is 12.8. The zero-order valence-electron chi connectivity index (χ0n) is 1.43. The number of hydrogen-bond donors (Lipinski definition) is 0. The van der Waals surface area contributed by atoms with Crippen LogP contribution in [-0.2, 0) is 0 Å². The molecule has 0 saturated heterocycles.